The third kappa shape index (κ3) is 5.15. The Labute approximate surface area is 173 Å². The van der Waals surface area contributed by atoms with E-state index in [9.17, 15) is 18.0 Å². The van der Waals surface area contributed by atoms with Gasteiger partial charge in [0.25, 0.3) is 5.91 Å². The van der Waals surface area contributed by atoms with Crippen LogP contribution >= 0.6 is 0 Å². The first kappa shape index (κ1) is 22.6. The number of aliphatic carboxylic acids is 1. The van der Waals surface area contributed by atoms with E-state index in [0.29, 0.717) is 6.04 Å². The van der Waals surface area contributed by atoms with Gasteiger partial charge >= 0.3 is 12.1 Å². The highest BCUT2D eigenvalue weighted by molar-refractivity contribution is 5.92. The molecule has 10 heteroatoms. The van der Waals surface area contributed by atoms with Crippen LogP contribution in [0.3, 0.4) is 0 Å². The number of likely N-dealkylation sites (tertiary alicyclic amines) is 2. The number of hydrogen-bond acceptors (Lipinski definition) is 4. The molecule has 1 aromatic heterocycles. The molecule has 3 aliphatic heterocycles. The molecule has 1 aromatic rings. The lowest BCUT2D eigenvalue weighted by atomic mass is 9.87. The number of aromatic nitrogens is 1. The molecule has 1 N–H and O–H groups in total. The van der Waals surface area contributed by atoms with Crippen LogP contribution in [0.25, 0.3) is 0 Å². The number of halogens is 3. The number of carboxylic acid groups (broad SMARTS) is 1. The van der Waals surface area contributed by atoms with Crippen LogP contribution in [0.2, 0.25) is 0 Å². The van der Waals surface area contributed by atoms with E-state index in [1.54, 1.807) is 0 Å². The first-order valence-corrected chi connectivity index (χ1v) is 10.2. The van der Waals surface area contributed by atoms with E-state index in [1.165, 1.54) is 25.9 Å². The molecular formula is C20H28F3N3O4. The van der Waals surface area contributed by atoms with Gasteiger partial charge in [-0.15, -0.1) is 0 Å². The zero-order chi connectivity index (χ0) is 21.9. The van der Waals surface area contributed by atoms with Gasteiger partial charge in [0, 0.05) is 32.4 Å². The van der Waals surface area contributed by atoms with Gasteiger partial charge in [0.1, 0.15) is 5.69 Å². The summed E-state index contributed by atoms with van der Waals surface area (Å²) in [6.45, 7) is 4.99. The summed E-state index contributed by atoms with van der Waals surface area (Å²) < 4.78 is 39.9. The Morgan fingerprint density at radius 2 is 1.77 bits per heavy atom. The van der Waals surface area contributed by atoms with Crippen LogP contribution in [0, 0.1) is 0 Å². The molecule has 0 radical (unpaired) electrons. The van der Waals surface area contributed by atoms with Crippen molar-refractivity contribution in [2.24, 2.45) is 7.05 Å². The Morgan fingerprint density at radius 3 is 2.27 bits per heavy atom. The van der Waals surface area contributed by atoms with Crippen LogP contribution in [0.4, 0.5) is 13.2 Å². The maximum Gasteiger partial charge on any atom is 0.490 e. The molecule has 0 saturated carbocycles. The molecule has 0 bridgehead atoms. The lowest BCUT2D eigenvalue weighted by Gasteiger charge is -2.39. The highest BCUT2D eigenvalue weighted by Gasteiger charge is 2.45. The smallest absolute Gasteiger partial charge is 0.475 e. The number of rotatable bonds is 2. The van der Waals surface area contributed by atoms with E-state index in [1.807, 2.05) is 34.8 Å². The molecular weight excluding hydrogens is 403 g/mol. The lowest BCUT2D eigenvalue weighted by molar-refractivity contribution is -0.192. The Kier molecular flexibility index (Phi) is 6.76. The SMILES string of the molecule is Cn1cccc1C(=O)N1CCC2(CC1)CC(N1CCCC1)CO2.O=C(O)C(F)(F)F. The fraction of sp³-hybridized carbons (Fsp3) is 0.700. The number of carbonyl (C=O) groups is 2. The summed E-state index contributed by atoms with van der Waals surface area (Å²) >= 11 is 0. The highest BCUT2D eigenvalue weighted by Crippen LogP contribution is 2.38. The molecule has 0 aromatic carbocycles. The summed E-state index contributed by atoms with van der Waals surface area (Å²) in [6.07, 6.45) is 2.63. The van der Waals surface area contributed by atoms with E-state index in [-0.39, 0.29) is 11.5 Å². The van der Waals surface area contributed by atoms with Crippen molar-refractivity contribution in [2.75, 3.05) is 32.8 Å². The number of carboxylic acids is 1. The third-order valence-electron chi connectivity index (χ3n) is 6.21. The van der Waals surface area contributed by atoms with Gasteiger partial charge in [-0.1, -0.05) is 0 Å². The van der Waals surface area contributed by atoms with Gasteiger partial charge in [-0.3, -0.25) is 9.69 Å². The maximum absolute atomic E-state index is 12.6. The fourth-order valence-electron chi connectivity index (χ4n) is 4.47. The highest BCUT2D eigenvalue weighted by atomic mass is 19.4. The number of amides is 1. The Balaban J connectivity index is 0.000000318. The van der Waals surface area contributed by atoms with Crippen molar-refractivity contribution in [1.82, 2.24) is 14.4 Å². The summed E-state index contributed by atoms with van der Waals surface area (Å²) in [4.78, 5) is 26.1. The minimum Gasteiger partial charge on any atom is -0.475 e. The van der Waals surface area contributed by atoms with Crippen LogP contribution in [0.5, 0.6) is 0 Å². The van der Waals surface area contributed by atoms with Crippen molar-refractivity contribution in [2.45, 2.75) is 49.9 Å². The van der Waals surface area contributed by atoms with Gasteiger partial charge in [0.05, 0.1) is 12.2 Å². The number of carbonyl (C=O) groups excluding carboxylic acids is 1. The van der Waals surface area contributed by atoms with Crippen LogP contribution in [-0.2, 0) is 16.6 Å². The number of ether oxygens (including phenoxy) is 1. The monoisotopic (exact) mass is 431 g/mol. The van der Waals surface area contributed by atoms with Crippen molar-refractivity contribution in [3.05, 3.63) is 24.0 Å². The molecule has 30 heavy (non-hydrogen) atoms. The van der Waals surface area contributed by atoms with Crippen molar-refractivity contribution >= 4 is 11.9 Å². The molecule has 4 rings (SSSR count). The Morgan fingerprint density at radius 1 is 1.17 bits per heavy atom. The fourth-order valence-corrected chi connectivity index (χ4v) is 4.47. The van der Waals surface area contributed by atoms with Crippen LogP contribution in [0.15, 0.2) is 18.3 Å². The average Bonchev–Trinajstić information content (AvgIpc) is 3.43. The second-order valence-corrected chi connectivity index (χ2v) is 8.19. The molecule has 1 atom stereocenters. The molecule has 1 unspecified atom stereocenters. The summed E-state index contributed by atoms with van der Waals surface area (Å²) in [5.74, 6) is -2.60. The van der Waals surface area contributed by atoms with Gasteiger partial charge in [0.15, 0.2) is 0 Å². The first-order valence-electron chi connectivity index (χ1n) is 10.2. The van der Waals surface area contributed by atoms with Gasteiger partial charge in [-0.05, 0) is 57.3 Å². The van der Waals surface area contributed by atoms with Crippen molar-refractivity contribution in [1.29, 1.82) is 0 Å². The Hall–Kier alpha value is -2.07. The predicted molar refractivity (Wildman–Crippen MR) is 102 cm³/mol. The zero-order valence-corrected chi connectivity index (χ0v) is 17.0. The number of piperidine rings is 1. The van der Waals surface area contributed by atoms with Crippen LogP contribution in [0.1, 0.15) is 42.6 Å². The number of alkyl halides is 3. The predicted octanol–water partition coefficient (Wildman–Crippen LogP) is 2.52. The standard InChI is InChI=1S/C18H27N3O2.C2HF3O2/c1-19-8-4-5-16(19)17(22)21-11-6-18(7-12-21)13-15(14-23-18)20-9-2-3-10-20;3-2(4,5)1(6)7/h4-5,8,15H,2-3,6-7,9-14H2,1H3;(H,6,7). The second-order valence-electron chi connectivity index (χ2n) is 8.19. The number of aryl methyl sites for hydroxylation is 1. The molecule has 0 aliphatic carbocycles. The van der Waals surface area contributed by atoms with Gasteiger partial charge in [-0.2, -0.15) is 13.2 Å². The normalized spacial score (nSPS) is 24.0. The molecule has 1 spiro atoms. The minimum absolute atomic E-state index is 0.0260. The molecule has 1 amide bonds. The molecule has 4 heterocycles. The van der Waals surface area contributed by atoms with E-state index in [0.717, 1.165) is 44.7 Å². The number of nitrogens with zero attached hydrogens (tertiary/aromatic N) is 3. The third-order valence-corrected chi connectivity index (χ3v) is 6.21. The van der Waals surface area contributed by atoms with Gasteiger partial charge in [0.2, 0.25) is 0 Å². The van der Waals surface area contributed by atoms with E-state index >= 15 is 0 Å². The van der Waals surface area contributed by atoms with E-state index in [4.69, 9.17) is 14.6 Å². The van der Waals surface area contributed by atoms with E-state index in [2.05, 4.69) is 4.90 Å². The molecule has 7 nitrogen and oxygen atoms in total. The topological polar surface area (TPSA) is 75.0 Å². The summed E-state index contributed by atoms with van der Waals surface area (Å²) in [6, 6.07) is 4.44. The Bertz CT molecular complexity index is 751. The van der Waals surface area contributed by atoms with Crippen molar-refractivity contribution in [3.8, 4) is 0 Å². The first-order chi connectivity index (χ1) is 14.1. The largest absolute Gasteiger partial charge is 0.490 e. The molecule has 3 saturated heterocycles. The average molecular weight is 431 g/mol. The molecule has 3 aliphatic rings. The zero-order valence-electron chi connectivity index (χ0n) is 17.0. The van der Waals surface area contributed by atoms with Gasteiger partial charge < -0.3 is 19.3 Å². The summed E-state index contributed by atoms with van der Waals surface area (Å²) in [5, 5.41) is 7.12. The maximum atomic E-state index is 12.6. The van der Waals surface area contributed by atoms with Crippen LogP contribution in [-0.4, -0.2) is 82.0 Å². The summed E-state index contributed by atoms with van der Waals surface area (Å²) in [7, 11) is 1.93. The van der Waals surface area contributed by atoms with Gasteiger partial charge in [-0.25, -0.2) is 4.79 Å². The van der Waals surface area contributed by atoms with Crippen LogP contribution < -0.4 is 0 Å². The summed E-state index contributed by atoms with van der Waals surface area (Å²) in [5.41, 5.74) is 0.807. The second kappa shape index (κ2) is 8.97. The lowest BCUT2D eigenvalue weighted by Crippen LogP contribution is -2.47. The number of hydrogen-bond donors (Lipinski definition) is 1. The van der Waals surface area contributed by atoms with Crippen molar-refractivity contribution in [3.63, 3.8) is 0 Å². The van der Waals surface area contributed by atoms with E-state index < -0.39 is 12.1 Å². The molecule has 168 valence electrons. The quantitative estimate of drug-likeness (QED) is 0.779. The minimum atomic E-state index is -5.08. The molecule has 3 fully saturated rings. The van der Waals surface area contributed by atoms with Crippen molar-refractivity contribution < 1.29 is 32.6 Å².